The fourth-order valence-corrected chi connectivity index (χ4v) is 1.99. The van der Waals surface area contributed by atoms with Gasteiger partial charge < -0.3 is 30.5 Å². The Morgan fingerprint density at radius 1 is 0.852 bits per heavy atom. The van der Waals surface area contributed by atoms with Crippen LogP contribution in [0.25, 0.3) is 0 Å². The molecule has 0 aliphatic heterocycles. The molecule has 0 aromatic heterocycles. The fourth-order valence-electron chi connectivity index (χ4n) is 1.99. The Kier molecular flexibility index (Phi) is 11.1. The predicted molar refractivity (Wildman–Crippen MR) is 101 cm³/mol. The van der Waals surface area contributed by atoms with Crippen LogP contribution < -0.4 is 16.0 Å². The van der Waals surface area contributed by atoms with Crippen molar-refractivity contribution in [2.45, 2.75) is 65.2 Å². The van der Waals surface area contributed by atoms with E-state index < -0.39 is 29.2 Å². The molecule has 1 unspecified atom stereocenters. The van der Waals surface area contributed by atoms with Crippen molar-refractivity contribution in [2.24, 2.45) is 0 Å². The molecule has 1 atom stereocenters. The standard InChI is InChI=1S/C18H35N3O6/c1-17(2,3)26-15(24)12-20-8-7-19-9-10-21-13(11-14(22)23)16(25)27-18(4,5)6/h13,19-21H,7-12H2,1-6H3,(H,22,23). The van der Waals surface area contributed by atoms with Crippen LogP contribution in [0, 0.1) is 0 Å². The molecule has 0 bridgehead atoms. The van der Waals surface area contributed by atoms with Gasteiger partial charge in [0.25, 0.3) is 0 Å². The summed E-state index contributed by atoms with van der Waals surface area (Å²) < 4.78 is 10.4. The molecule has 0 rings (SSSR count). The Labute approximate surface area is 161 Å². The number of carboxylic acids is 1. The largest absolute Gasteiger partial charge is 0.481 e. The van der Waals surface area contributed by atoms with Gasteiger partial charge in [-0.25, -0.2) is 0 Å². The van der Waals surface area contributed by atoms with Gasteiger partial charge in [-0.15, -0.1) is 0 Å². The average molecular weight is 389 g/mol. The lowest BCUT2D eigenvalue weighted by Gasteiger charge is -2.24. The molecular formula is C18H35N3O6. The summed E-state index contributed by atoms with van der Waals surface area (Å²) in [5.74, 6) is -1.96. The number of nitrogens with one attached hydrogen (secondary N) is 3. The molecule has 0 aromatic carbocycles. The van der Waals surface area contributed by atoms with Gasteiger partial charge in [0.2, 0.25) is 0 Å². The molecule has 0 aromatic rings. The van der Waals surface area contributed by atoms with Crippen LogP contribution >= 0.6 is 0 Å². The van der Waals surface area contributed by atoms with Crippen molar-refractivity contribution in [3.63, 3.8) is 0 Å². The first-order valence-electron chi connectivity index (χ1n) is 9.11. The number of hydrogen-bond acceptors (Lipinski definition) is 8. The van der Waals surface area contributed by atoms with Crippen LogP contribution in [0.3, 0.4) is 0 Å². The summed E-state index contributed by atoms with van der Waals surface area (Å²) in [6.45, 7) is 12.9. The van der Waals surface area contributed by atoms with Gasteiger partial charge in [-0.1, -0.05) is 0 Å². The summed E-state index contributed by atoms with van der Waals surface area (Å²) in [6, 6.07) is -0.895. The van der Waals surface area contributed by atoms with Crippen molar-refractivity contribution in [2.75, 3.05) is 32.7 Å². The number of rotatable bonds is 12. The zero-order chi connectivity index (χ0) is 21.1. The van der Waals surface area contributed by atoms with Gasteiger partial charge in [-0.3, -0.25) is 14.4 Å². The maximum atomic E-state index is 12.0. The number of esters is 2. The minimum atomic E-state index is -1.07. The minimum Gasteiger partial charge on any atom is -0.481 e. The van der Waals surface area contributed by atoms with Crippen LogP contribution in [0.1, 0.15) is 48.0 Å². The Bertz CT molecular complexity index is 482. The van der Waals surface area contributed by atoms with E-state index >= 15 is 0 Å². The monoisotopic (exact) mass is 389 g/mol. The van der Waals surface area contributed by atoms with Crippen LogP contribution in [-0.4, -0.2) is 73.0 Å². The van der Waals surface area contributed by atoms with E-state index in [4.69, 9.17) is 14.6 Å². The summed E-state index contributed by atoms with van der Waals surface area (Å²) in [7, 11) is 0. The average Bonchev–Trinajstić information content (AvgIpc) is 2.44. The van der Waals surface area contributed by atoms with Gasteiger partial charge in [0.1, 0.15) is 17.2 Å². The summed E-state index contributed by atoms with van der Waals surface area (Å²) in [5.41, 5.74) is -1.17. The summed E-state index contributed by atoms with van der Waals surface area (Å²) in [6.07, 6.45) is -0.341. The summed E-state index contributed by atoms with van der Waals surface area (Å²) in [5, 5.41) is 17.9. The highest BCUT2D eigenvalue weighted by atomic mass is 16.6. The molecule has 0 amide bonds. The fraction of sp³-hybridized carbons (Fsp3) is 0.833. The second-order valence-corrected chi connectivity index (χ2v) is 8.15. The third kappa shape index (κ3) is 16.2. The molecule has 0 saturated carbocycles. The predicted octanol–water partition coefficient (Wildman–Crippen LogP) is 0.282. The molecule has 0 heterocycles. The van der Waals surface area contributed by atoms with Crippen LogP contribution in [0.5, 0.6) is 0 Å². The van der Waals surface area contributed by atoms with Crippen molar-refractivity contribution in [3.05, 3.63) is 0 Å². The molecular weight excluding hydrogens is 354 g/mol. The molecule has 9 heteroatoms. The van der Waals surface area contributed by atoms with Gasteiger partial charge in [0.15, 0.2) is 0 Å². The first-order chi connectivity index (χ1) is 12.3. The van der Waals surface area contributed by atoms with Gasteiger partial charge in [-0.2, -0.15) is 0 Å². The third-order valence-corrected chi connectivity index (χ3v) is 2.93. The summed E-state index contributed by atoms with van der Waals surface area (Å²) in [4.78, 5) is 34.5. The highest BCUT2D eigenvalue weighted by Crippen LogP contribution is 2.09. The SMILES string of the molecule is CC(C)(C)OC(=O)CNCCNCCNC(CC(=O)O)C(=O)OC(C)(C)C. The van der Waals surface area contributed by atoms with Crippen LogP contribution in [0.15, 0.2) is 0 Å². The number of carbonyl (C=O) groups is 3. The van der Waals surface area contributed by atoms with E-state index in [1.165, 1.54) is 0 Å². The van der Waals surface area contributed by atoms with E-state index in [1.807, 2.05) is 20.8 Å². The molecule has 158 valence electrons. The minimum absolute atomic E-state index is 0.135. The lowest BCUT2D eigenvalue weighted by molar-refractivity contribution is -0.160. The van der Waals surface area contributed by atoms with Crippen molar-refractivity contribution in [1.29, 1.82) is 0 Å². The smallest absolute Gasteiger partial charge is 0.324 e. The van der Waals surface area contributed by atoms with Crippen molar-refractivity contribution in [3.8, 4) is 0 Å². The van der Waals surface area contributed by atoms with Gasteiger partial charge >= 0.3 is 17.9 Å². The number of carbonyl (C=O) groups excluding carboxylic acids is 2. The molecule has 0 aliphatic rings. The van der Waals surface area contributed by atoms with E-state index in [0.717, 1.165) is 0 Å². The Morgan fingerprint density at radius 2 is 1.37 bits per heavy atom. The number of carboxylic acid groups (broad SMARTS) is 1. The van der Waals surface area contributed by atoms with Crippen LogP contribution in [-0.2, 0) is 23.9 Å². The molecule has 9 nitrogen and oxygen atoms in total. The number of ether oxygens (including phenoxy) is 2. The lowest BCUT2D eigenvalue weighted by Crippen LogP contribution is -2.45. The molecule has 0 spiro atoms. The van der Waals surface area contributed by atoms with E-state index in [1.54, 1.807) is 20.8 Å². The quantitative estimate of drug-likeness (QED) is 0.275. The second kappa shape index (κ2) is 11.9. The van der Waals surface area contributed by atoms with Crippen LogP contribution in [0.4, 0.5) is 0 Å². The maximum absolute atomic E-state index is 12.0. The highest BCUT2D eigenvalue weighted by molar-refractivity contribution is 5.82. The van der Waals surface area contributed by atoms with Gasteiger partial charge in [0, 0.05) is 26.2 Å². The van der Waals surface area contributed by atoms with E-state index in [9.17, 15) is 14.4 Å². The zero-order valence-corrected chi connectivity index (χ0v) is 17.3. The molecule has 0 fully saturated rings. The zero-order valence-electron chi connectivity index (χ0n) is 17.3. The Morgan fingerprint density at radius 3 is 1.89 bits per heavy atom. The number of aliphatic carboxylic acids is 1. The Balaban J connectivity index is 3.96. The highest BCUT2D eigenvalue weighted by Gasteiger charge is 2.26. The van der Waals surface area contributed by atoms with Crippen molar-refractivity contribution < 1.29 is 29.0 Å². The summed E-state index contributed by atoms with van der Waals surface area (Å²) >= 11 is 0. The van der Waals surface area contributed by atoms with Gasteiger partial charge in [-0.05, 0) is 41.5 Å². The normalized spacial score (nSPS) is 13.1. The molecule has 0 radical (unpaired) electrons. The molecule has 4 N–H and O–H groups in total. The first-order valence-corrected chi connectivity index (χ1v) is 9.11. The van der Waals surface area contributed by atoms with E-state index in [0.29, 0.717) is 26.2 Å². The molecule has 0 saturated heterocycles. The third-order valence-electron chi connectivity index (χ3n) is 2.93. The maximum Gasteiger partial charge on any atom is 0.324 e. The van der Waals surface area contributed by atoms with Gasteiger partial charge in [0.05, 0.1) is 13.0 Å². The van der Waals surface area contributed by atoms with E-state index in [-0.39, 0.29) is 18.9 Å². The van der Waals surface area contributed by atoms with Crippen LogP contribution in [0.2, 0.25) is 0 Å². The Hall–Kier alpha value is -1.71. The number of hydrogen-bond donors (Lipinski definition) is 4. The molecule has 27 heavy (non-hydrogen) atoms. The van der Waals surface area contributed by atoms with Crippen molar-refractivity contribution >= 4 is 17.9 Å². The first kappa shape index (κ1) is 25.3. The van der Waals surface area contributed by atoms with Crippen molar-refractivity contribution in [1.82, 2.24) is 16.0 Å². The molecule has 0 aliphatic carbocycles. The van der Waals surface area contributed by atoms with E-state index in [2.05, 4.69) is 16.0 Å². The topological polar surface area (TPSA) is 126 Å². The lowest BCUT2D eigenvalue weighted by atomic mass is 10.1. The second-order valence-electron chi connectivity index (χ2n) is 8.15.